The van der Waals surface area contributed by atoms with Crippen molar-refractivity contribution in [1.29, 1.82) is 0 Å². The lowest BCUT2D eigenvalue weighted by molar-refractivity contribution is -0.136. The van der Waals surface area contributed by atoms with E-state index in [1.54, 1.807) is 0 Å². The second-order valence-corrected chi connectivity index (χ2v) is 8.42. The molecular weight excluding hydrogens is 422 g/mol. The molecular formula is C30H23NO3. The Morgan fingerprint density at radius 3 is 2.09 bits per heavy atom. The maximum absolute atomic E-state index is 13.5. The van der Waals surface area contributed by atoms with E-state index in [4.69, 9.17) is 9.47 Å². The minimum atomic E-state index is -0.343. The summed E-state index contributed by atoms with van der Waals surface area (Å²) in [6.45, 7) is 0. The predicted octanol–water partition coefficient (Wildman–Crippen LogP) is 6.72. The van der Waals surface area contributed by atoms with Gasteiger partial charge in [-0.3, -0.25) is 0 Å². The Hall–Kier alpha value is -4.31. The Balaban J connectivity index is 1.73. The molecule has 0 fully saturated rings. The fourth-order valence-electron chi connectivity index (χ4n) is 5.21. The van der Waals surface area contributed by atoms with Gasteiger partial charge >= 0.3 is 5.97 Å². The van der Waals surface area contributed by atoms with E-state index in [0.29, 0.717) is 5.57 Å². The van der Waals surface area contributed by atoms with E-state index < -0.39 is 0 Å². The van der Waals surface area contributed by atoms with Crippen LogP contribution in [0.3, 0.4) is 0 Å². The van der Waals surface area contributed by atoms with Gasteiger partial charge in [-0.25, -0.2) is 4.79 Å². The quantitative estimate of drug-likeness (QED) is 0.328. The first-order valence-electron chi connectivity index (χ1n) is 11.3. The van der Waals surface area contributed by atoms with Crippen molar-refractivity contribution in [2.45, 2.75) is 12.1 Å². The summed E-state index contributed by atoms with van der Waals surface area (Å²) in [6.07, 6.45) is 0. The third kappa shape index (κ3) is 3.11. The molecule has 0 spiro atoms. The van der Waals surface area contributed by atoms with Gasteiger partial charge < -0.3 is 14.4 Å². The molecule has 0 amide bonds. The van der Waals surface area contributed by atoms with Crippen molar-refractivity contribution in [3.05, 3.63) is 131 Å². The van der Waals surface area contributed by atoms with Crippen molar-refractivity contribution >= 4 is 17.2 Å². The van der Waals surface area contributed by atoms with Crippen molar-refractivity contribution < 1.29 is 14.3 Å². The van der Waals surface area contributed by atoms with Crippen LogP contribution in [0.25, 0.3) is 5.57 Å². The molecule has 0 N–H and O–H groups in total. The minimum Gasteiger partial charge on any atom is -0.466 e. The number of para-hydroxylation sites is 3. The van der Waals surface area contributed by atoms with Gasteiger partial charge in [0.1, 0.15) is 5.75 Å². The maximum atomic E-state index is 13.5. The summed E-state index contributed by atoms with van der Waals surface area (Å²) in [5.74, 6) is 1.22. The van der Waals surface area contributed by atoms with E-state index >= 15 is 0 Å². The second kappa shape index (κ2) is 8.23. The highest BCUT2D eigenvalue weighted by Crippen LogP contribution is 2.59. The van der Waals surface area contributed by atoms with Gasteiger partial charge in [-0.15, -0.1) is 0 Å². The van der Waals surface area contributed by atoms with Gasteiger partial charge in [0.25, 0.3) is 0 Å². The number of carbonyl (C=O) groups is 1. The van der Waals surface area contributed by atoms with Crippen LogP contribution in [-0.4, -0.2) is 13.1 Å². The molecule has 4 aromatic rings. The molecule has 4 heteroatoms. The third-order valence-electron chi connectivity index (χ3n) is 6.58. The van der Waals surface area contributed by atoms with Gasteiger partial charge in [0.2, 0.25) is 0 Å². The van der Waals surface area contributed by atoms with E-state index in [1.165, 1.54) is 7.11 Å². The molecule has 2 atom stereocenters. The summed E-state index contributed by atoms with van der Waals surface area (Å²) in [5, 5.41) is 0. The largest absolute Gasteiger partial charge is 0.466 e. The average Bonchev–Trinajstić information content (AvgIpc) is 3.18. The molecule has 0 unspecified atom stereocenters. The van der Waals surface area contributed by atoms with Crippen LogP contribution in [-0.2, 0) is 9.53 Å². The van der Waals surface area contributed by atoms with Gasteiger partial charge in [0, 0.05) is 5.56 Å². The molecule has 166 valence electrons. The normalized spacial score (nSPS) is 18.3. The number of ether oxygens (including phenoxy) is 2. The lowest BCUT2D eigenvalue weighted by Gasteiger charge is -2.34. The smallest absolute Gasteiger partial charge is 0.336 e. The molecule has 0 saturated carbocycles. The lowest BCUT2D eigenvalue weighted by Crippen LogP contribution is -2.29. The van der Waals surface area contributed by atoms with E-state index in [1.807, 2.05) is 72.8 Å². The Morgan fingerprint density at radius 2 is 1.35 bits per heavy atom. The van der Waals surface area contributed by atoms with Crippen LogP contribution in [0.4, 0.5) is 5.69 Å². The number of hydrogen-bond donors (Lipinski definition) is 0. The zero-order chi connectivity index (χ0) is 23.1. The number of methoxy groups -OCH3 is 1. The van der Waals surface area contributed by atoms with E-state index in [-0.39, 0.29) is 18.1 Å². The summed E-state index contributed by atoms with van der Waals surface area (Å²) in [7, 11) is 1.45. The van der Waals surface area contributed by atoms with E-state index in [2.05, 4.69) is 41.3 Å². The zero-order valence-electron chi connectivity index (χ0n) is 18.7. The van der Waals surface area contributed by atoms with Gasteiger partial charge in [-0.1, -0.05) is 91.0 Å². The number of nitrogens with zero attached hydrogens (tertiary/aromatic N) is 1. The summed E-state index contributed by atoms with van der Waals surface area (Å²) in [5.41, 5.74) is 5.55. The van der Waals surface area contributed by atoms with Crippen molar-refractivity contribution in [3.8, 4) is 11.5 Å². The third-order valence-corrected chi connectivity index (χ3v) is 6.58. The van der Waals surface area contributed by atoms with Crippen molar-refractivity contribution in [2.24, 2.45) is 0 Å². The number of rotatable bonds is 3. The van der Waals surface area contributed by atoms with Crippen LogP contribution in [0, 0.1) is 0 Å². The molecule has 0 bridgehead atoms. The minimum absolute atomic E-state index is 0.235. The standard InChI is InChI=1S/C30H23NO3/c1-33-30(32)27-26(20-12-4-2-5-13-20)29-22-16-8-10-18-24(22)34-25-19-11-9-17-23(25)31(29)28(27)21-14-6-3-7-15-21/h2-19,28-29H,1H3/t28-,29+/m0/s1. The van der Waals surface area contributed by atoms with Gasteiger partial charge in [-0.05, 0) is 34.9 Å². The van der Waals surface area contributed by atoms with Crippen LogP contribution in [0.2, 0.25) is 0 Å². The monoisotopic (exact) mass is 445 g/mol. The maximum Gasteiger partial charge on any atom is 0.336 e. The molecule has 2 aliphatic heterocycles. The van der Waals surface area contributed by atoms with Gasteiger partial charge in [0.15, 0.2) is 5.75 Å². The summed E-state index contributed by atoms with van der Waals surface area (Å²) < 4.78 is 11.8. The average molecular weight is 446 g/mol. The van der Waals surface area contributed by atoms with E-state index in [0.717, 1.165) is 39.4 Å². The van der Waals surface area contributed by atoms with Crippen LogP contribution < -0.4 is 9.64 Å². The summed E-state index contributed by atoms with van der Waals surface area (Å²) in [6, 6.07) is 35.8. The Kier molecular flexibility index (Phi) is 4.92. The highest BCUT2D eigenvalue weighted by molar-refractivity contribution is 6.04. The molecule has 6 rings (SSSR count). The molecule has 0 saturated heterocycles. The molecule has 2 aliphatic rings. The number of carbonyl (C=O) groups excluding carboxylic acids is 1. The van der Waals surface area contributed by atoms with Gasteiger partial charge in [0.05, 0.1) is 30.5 Å². The molecule has 0 aromatic heterocycles. The first-order valence-corrected chi connectivity index (χ1v) is 11.3. The summed E-state index contributed by atoms with van der Waals surface area (Å²) >= 11 is 0. The van der Waals surface area contributed by atoms with Crippen LogP contribution in [0.15, 0.2) is 115 Å². The Morgan fingerprint density at radius 1 is 0.735 bits per heavy atom. The Bertz CT molecular complexity index is 1400. The number of anilines is 1. The van der Waals surface area contributed by atoms with Crippen molar-refractivity contribution in [1.82, 2.24) is 0 Å². The number of fused-ring (bicyclic) bond motifs is 5. The molecule has 0 radical (unpaired) electrons. The number of esters is 1. The lowest BCUT2D eigenvalue weighted by atomic mass is 9.90. The Labute approximate surface area is 198 Å². The first-order chi connectivity index (χ1) is 16.8. The molecule has 4 nitrogen and oxygen atoms in total. The fourth-order valence-corrected chi connectivity index (χ4v) is 5.21. The molecule has 4 aromatic carbocycles. The topological polar surface area (TPSA) is 38.8 Å². The van der Waals surface area contributed by atoms with Crippen LogP contribution in [0.5, 0.6) is 11.5 Å². The summed E-state index contributed by atoms with van der Waals surface area (Å²) in [4.78, 5) is 15.8. The van der Waals surface area contributed by atoms with Crippen LogP contribution in [0.1, 0.15) is 28.8 Å². The first kappa shape index (κ1) is 20.3. The molecule has 34 heavy (non-hydrogen) atoms. The van der Waals surface area contributed by atoms with Gasteiger partial charge in [-0.2, -0.15) is 0 Å². The second-order valence-electron chi connectivity index (χ2n) is 8.42. The van der Waals surface area contributed by atoms with Crippen molar-refractivity contribution in [3.63, 3.8) is 0 Å². The zero-order valence-corrected chi connectivity index (χ0v) is 18.7. The predicted molar refractivity (Wildman–Crippen MR) is 133 cm³/mol. The van der Waals surface area contributed by atoms with E-state index in [9.17, 15) is 4.79 Å². The molecule has 2 heterocycles. The number of benzene rings is 4. The van der Waals surface area contributed by atoms with Crippen molar-refractivity contribution in [2.75, 3.05) is 12.0 Å². The highest BCUT2D eigenvalue weighted by Gasteiger charge is 2.48. The molecule has 0 aliphatic carbocycles. The van der Waals surface area contributed by atoms with Crippen LogP contribution >= 0.6 is 0 Å². The SMILES string of the molecule is COC(=O)C1=C(c2ccccc2)[C@H]2c3ccccc3Oc3ccccc3N2[C@H]1c1ccccc1. The number of hydrogen-bond acceptors (Lipinski definition) is 4. The fraction of sp³-hybridized carbons (Fsp3) is 0.100. The highest BCUT2D eigenvalue weighted by atomic mass is 16.5.